The Kier molecular flexibility index (Phi) is 5.89. The van der Waals surface area contributed by atoms with Crippen LogP contribution < -0.4 is 10.6 Å². The topological polar surface area (TPSA) is 95.1 Å². The number of halogens is 1. The van der Waals surface area contributed by atoms with Gasteiger partial charge in [-0.3, -0.25) is 4.79 Å². The zero-order chi connectivity index (χ0) is 24.2. The van der Waals surface area contributed by atoms with Gasteiger partial charge in [0.15, 0.2) is 5.65 Å². The van der Waals surface area contributed by atoms with E-state index in [0.717, 1.165) is 16.7 Å². The molecule has 2 N–H and O–H groups in total. The first kappa shape index (κ1) is 21.8. The predicted molar refractivity (Wildman–Crippen MR) is 132 cm³/mol. The maximum Gasteiger partial charge on any atom is 0.247 e. The minimum Gasteiger partial charge on any atom is -0.326 e. The summed E-state index contributed by atoms with van der Waals surface area (Å²) >= 11 is 0. The van der Waals surface area contributed by atoms with Crippen molar-refractivity contribution in [3.05, 3.63) is 108 Å². The predicted octanol–water partition coefficient (Wildman–Crippen LogP) is 5.33. The Morgan fingerprint density at radius 1 is 0.943 bits per heavy atom. The average Bonchev–Trinajstić information content (AvgIpc) is 3.27. The van der Waals surface area contributed by atoms with Crippen LogP contribution in [0.15, 0.2) is 91.1 Å². The van der Waals surface area contributed by atoms with E-state index in [1.165, 1.54) is 12.1 Å². The maximum absolute atomic E-state index is 13.9. The molecule has 0 bridgehead atoms. The Morgan fingerprint density at radius 2 is 1.71 bits per heavy atom. The summed E-state index contributed by atoms with van der Waals surface area (Å²) in [6.45, 7) is 0. The van der Waals surface area contributed by atoms with Gasteiger partial charge in [0.2, 0.25) is 11.9 Å². The lowest BCUT2D eigenvalue weighted by Gasteiger charge is -2.07. The highest BCUT2D eigenvalue weighted by Gasteiger charge is 2.11. The fraction of sp³-hybridized carbons (Fsp3) is 0.0370. The van der Waals surface area contributed by atoms with Crippen LogP contribution in [0.4, 0.5) is 21.7 Å². The van der Waals surface area contributed by atoms with Crippen LogP contribution in [0.1, 0.15) is 11.1 Å². The molecule has 2 aromatic heterocycles. The molecule has 7 nitrogen and oxygen atoms in total. The fourth-order valence-electron chi connectivity index (χ4n) is 3.70. The van der Waals surface area contributed by atoms with E-state index in [-0.39, 0.29) is 17.4 Å². The number of nitrogens with zero attached hydrogens (tertiary/aromatic N) is 4. The largest absolute Gasteiger partial charge is 0.326 e. The van der Waals surface area contributed by atoms with E-state index in [1.54, 1.807) is 10.6 Å². The maximum atomic E-state index is 13.9. The summed E-state index contributed by atoms with van der Waals surface area (Å²) in [5, 5.41) is 19.4. The van der Waals surface area contributed by atoms with Gasteiger partial charge in [0.25, 0.3) is 0 Å². The van der Waals surface area contributed by atoms with E-state index in [9.17, 15) is 14.4 Å². The van der Waals surface area contributed by atoms with Crippen LogP contribution in [0.3, 0.4) is 0 Å². The van der Waals surface area contributed by atoms with Crippen LogP contribution in [-0.2, 0) is 11.2 Å². The molecule has 5 aromatic rings. The van der Waals surface area contributed by atoms with E-state index in [4.69, 9.17) is 0 Å². The number of nitrogens with one attached hydrogen (secondary N) is 2. The number of carbonyl (C=O) groups is 1. The molecule has 0 unspecified atom stereocenters. The Morgan fingerprint density at radius 3 is 2.49 bits per heavy atom. The molecule has 0 saturated carbocycles. The number of fused-ring (bicyclic) bond motifs is 1. The van der Waals surface area contributed by atoms with Crippen LogP contribution >= 0.6 is 0 Å². The highest BCUT2D eigenvalue weighted by atomic mass is 19.1. The fourth-order valence-corrected chi connectivity index (χ4v) is 3.70. The van der Waals surface area contributed by atoms with Crippen molar-refractivity contribution in [2.45, 2.75) is 6.42 Å². The lowest BCUT2D eigenvalue weighted by Crippen LogP contribution is -2.14. The third kappa shape index (κ3) is 4.84. The number of amides is 1. The van der Waals surface area contributed by atoms with Gasteiger partial charge in [-0.25, -0.2) is 8.91 Å². The summed E-state index contributed by atoms with van der Waals surface area (Å²) in [6.07, 6.45) is 2.14. The number of benzene rings is 3. The van der Waals surface area contributed by atoms with E-state index in [1.807, 2.05) is 79.0 Å². The van der Waals surface area contributed by atoms with Crippen LogP contribution in [0.25, 0.3) is 16.8 Å². The van der Waals surface area contributed by atoms with Gasteiger partial charge in [0, 0.05) is 17.4 Å². The summed E-state index contributed by atoms with van der Waals surface area (Å²) < 4.78 is 15.5. The van der Waals surface area contributed by atoms with Crippen molar-refractivity contribution in [3.63, 3.8) is 0 Å². The first-order valence-corrected chi connectivity index (χ1v) is 10.9. The van der Waals surface area contributed by atoms with Gasteiger partial charge in [0.1, 0.15) is 17.4 Å². The number of nitriles is 1. The summed E-state index contributed by atoms with van der Waals surface area (Å²) in [7, 11) is 0. The molecule has 0 radical (unpaired) electrons. The Balaban J connectivity index is 1.31. The third-order valence-electron chi connectivity index (χ3n) is 5.41. The first-order chi connectivity index (χ1) is 17.1. The van der Waals surface area contributed by atoms with Crippen molar-refractivity contribution in [3.8, 4) is 17.2 Å². The van der Waals surface area contributed by atoms with E-state index >= 15 is 0 Å². The molecular formula is C27H19FN6O. The molecule has 170 valence electrons. The summed E-state index contributed by atoms with van der Waals surface area (Å²) in [6, 6.07) is 27.0. The molecule has 0 aliphatic rings. The van der Waals surface area contributed by atoms with Crippen molar-refractivity contribution in [1.82, 2.24) is 14.6 Å². The Labute approximate surface area is 200 Å². The van der Waals surface area contributed by atoms with Crippen molar-refractivity contribution in [1.29, 1.82) is 5.26 Å². The molecule has 0 spiro atoms. The zero-order valence-electron chi connectivity index (χ0n) is 18.4. The number of pyridine rings is 1. The van der Waals surface area contributed by atoms with Gasteiger partial charge in [-0.05, 0) is 47.5 Å². The van der Waals surface area contributed by atoms with Crippen molar-refractivity contribution in [2.75, 3.05) is 10.6 Å². The lowest BCUT2D eigenvalue weighted by molar-refractivity contribution is -0.115. The van der Waals surface area contributed by atoms with Crippen molar-refractivity contribution in [2.24, 2.45) is 0 Å². The van der Waals surface area contributed by atoms with Gasteiger partial charge in [0.05, 0.1) is 12.1 Å². The molecule has 35 heavy (non-hydrogen) atoms. The van der Waals surface area contributed by atoms with Crippen molar-refractivity contribution >= 4 is 28.9 Å². The van der Waals surface area contributed by atoms with Gasteiger partial charge in [-0.2, -0.15) is 10.2 Å². The second-order valence-corrected chi connectivity index (χ2v) is 7.84. The van der Waals surface area contributed by atoms with E-state index < -0.39 is 5.82 Å². The molecule has 8 heteroatoms. The Hall–Kier alpha value is -5.03. The highest BCUT2D eigenvalue weighted by molar-refractivity contribution is 5.92. The lowest BCUT2D eigenvalue weighted by atomic mass is 10.1. The number of aromatic nitrogens is 3. The number of rotatable bonds is 6. The normalized spacial score (nSPS) is 10.6. The van der Waals surface area contributed by atoms with Gasteiger partial charge in [-0.15, -0.1) is 5.10 Å². The van der Waals surface area contributed by atoms with Crippen LogP contribution in [-0.4, -0.2) is 20.5 Å². The molecule has 0 aliphatic carbocycles. The third-order valence-corrected chi connectivity index (χ3v) is 5.41. The average molecular weight is 462 g/mol. The molecule has 1 amide bonds. The van der Waals surface area contributed by atoms with E-state index in [2.05, 4.69) is 20.7 Å². The number of hydrogen-bond acceptors (Lipinski definition) is 5. The van der Waals surface area contributed by atoms with Crippen LogP contribution in [0.5, 0.6) is 0 Å². The first-order valence-electron chi connectivity index (χ1n) is 10.9. The van der Waals surface area contributed by atoms with Crippen molar-refractivity contribution < 1.29 is 9.18 Å². The molecule has 3 aromatic carbocycles. The number of hydrogen-bond donors (Lipinski definition) is 2. The SMILES string of the molecule is N#Cc1c(F)cccc1Nc1nc2ccc(-c3ccc(NC(=O)Cc4ccccc4)cc3)cn2n1. The minimum atomic E-state index is -0.608. The second-order valence-electron chi connectivity index (χ2n) is 7.84. The number of carbonyl (C=O) groups excluding carboxylic acids is 1. The monoisotopic (exact) mass is 462 g/mol. The second kappa shape index (κ2) is 9.45. The van der Waals surface area contributed by atoms with E-state index in [0.29, 0.717) is 23.4 Å². The van der Waals surface area contributed by atoms with Gasteiger partial charge >= 0.3 is 0 Å². The molecule has 0 fully saturated rings. The molecule has 0 saturated heterocycles. The van der Waals surface area contributed by atoms with Crippen LogP contribution in [0.2, 0.25) is 0 Å². The molecule has 5 rings (SSSR count). The smallest absolute Gasteiger partial charge is 0.247 e. The minimum absolute atomic E-state index is 0.0779. The summed E-state index contributed by atoms with van der Waals surface area (Å²) in [5.74, 6) is -0.435. The highest BCUT2D eigenvalue weighted by Crippen LogP contribution is 2.24. The Bertz CT molecular complexity index is 1550. The molecule has 0 atom stereocenters. The summed E-state index contributed by atoms with van der Waals surface area (Å²) in [5.41, 5.74) is 4.31. The molecule has 0 aliphatic heterocycles. The van der Waals surface area contributed by atoms with Crippen LogP contribution in [0, 0.1) is 17.1 Å². The number of anilines is 3. The van der Waals surface area contributed by atoms with Gasteiger partial charge < -0.3 is 10.6 Å². The molecular weight excluding hydrogens is 443 g/mol. The quantitative estimate of drug-likeness (QED) is 0.356. The zero-order valence-corrected chi connectivity index (χ0v) is 18.4. The van der Waals surface area contributed by atoms with Gasteiger partial charge in [-0.1, -0.05) is 48.5 Å². The summed E-state index contributed by atoms with van der Waals surface area (Å²) in [4.78, 5) is 16.7. The standard InChI is InChI=1S/C27H19FN6O/c28-23-7-4-8-24(22(23)16-29)31-27-32-25-14-11-20(17-34(25)33-27)19-9-12-21(13-10-19)30-26(35)15-18-5-2-1-3-6-18/h1-14,17H,15H2,(H,30,35)(H,31,33). The molecule has 2 heterocycles.